The molecule has 0 aliphatic rings. The second kappa shape index (κ2) is 8.91. The normalized spacial score (nSPS) is 11.5. The second-order valence-electron chi connectivity index (χ2n) is 7.30. The minimum atomic E-state index is -3.74. The second-order valence-corrected chi connectivity index (χ2v) is 8.86. The van der Waals surface area contributed by atoms with Gasteiger partial charge in [-0.25, -0.2) is 18.4 Å². The zero-order chi connectivity index (χ0) is 22.8. The quantitative estimate of drug-likeness (QED) is 0.536. The summed E-state index contributed by atoms with van der Waals surface area (Å²) in [4.78, 5) is 24.9. The highest BCUT2D eigenvalue weighted by atomic mass is 32.2. The summed E-state index contributed by atoms with van der Waals surface area (Å²) in [6.07, 6.45) is 0.376. The van der Waals surface area contributed by atoms with Crippen molar-refractivity contribution in [1.29, 1.82) is 0 Å². The standard InChI is InChI=1S/C22H24N2O6S/c1-13-10-18(29-3)21-14(2)17(22(26)30-19(21)11-13)12-20(25)24-9-8-15-4-6-16(7-5-15)31(23,27)28/h4-7,10-11H,8-9,12H2,1-3H3,(H,24,25)(H2,23,27,28). The van der Waals surface area contributed by atoms with Crippen molar-refractivity contribution < 1.29 is 22.4 Å². The predicted molar refractivity (Wildman–Crippen MR) is 117 cm³/mol. The van der Waals surface area contributed by atoms with Crippen LogP contribution in [0.15, 0.2) is 50.5 Å². The van der Waals surface area contributed by atoms with Crippen LogP contribution in [0.4, 0.5) is 0 Å². The average molecular weight is 445 g/mol. The lowest BCUT2D eigenvalue weighted by atomic mass is 10.0. The van der Waals surface area contributed by atoms with Gasteiger partial charge in [-0.2, -0.15) is 0 Å². The molecule has 3 N–H and O–H groups in total. The van der Waals surface area contributed by atoms with Gasteiger partial charge in [0.2, 0.25) is 15.9 Å². The van der Waals surface area contributed by atoms with Crippen molar-refractivity contribution in [3.8, 4) is 5.75 Å². The number of amides is 1. The lowest BCUT2D eigenvalue weighted by Gasteiger charge is -2.12. The molecule has 164 valence electrons. The van der Waals surface area contributed by atoms with E-state index in [4.69, 9.17) is 14.3 Å². The van der Waals surface area contributed by atoms with Gasteiger partial charge in [0.1, 0.15) is 11.3 Å². The van der Waals surface area contributed by atoms with E-state index in [1.54, 1.807) is 32.2 Å². The fourth-order valence-electron chi connectivity index (χ4n) is 3.42. The number of hydrogen-bond donors (Lipinski definition) is 2. The van der Waals surface area contributed by atoms with Crippen molar-refractivity contribution in [2.45, 2.75) is 31.6 Å². The summed E-state index contributed by atoms with van der Waals surface area (Å²) < 4.78 is 33.4. The Bertz CT molecular complexity index is 1290. The number of rotatable bonds is 7. The highest BCUT2D eigenvalue weighted by molar-refractivity contribution is 7.89. The fraction of sp³-hybridized carbons (Fsp3) is 0.273. The van der Waals surface area contributed by atoms with E-state index in [1.807, 2.05) is 13.0 Å². The van der Waals surface area contributed by atoms with E-state index in [2.05, 4.69) is 5.32 Å². The highest BCUT2D eigenvalue weighted by Gasteiger charge is 2.18. The van der Waals surface area contributed by atoms with Gasteiger partial charge in [-0.15, -0.1) is 0 Å². The van der Waals surface area contributed by atoms with E-state index in [9.17, 15) is 18.0 Å². The molecule has 3 aromatic rings. The van der Waals surface area contributed by atoms with Crippen LogP contribution >= 0.6 is 0 Å². The molecule has 0 saturated heterocycles. The van der Waals surface area contributed by atoms with Gasteiger partial charge in [0, 0.05) is 6.54 Å². The summed E-state index contributed by atoms with van der Waals surface area (Å²) in [7, 11) is -2.19. The van der Waals surface area contributed by atoms with E-state index in [0.29, 0.717) is 35.2 Å². The van der Waals surface area contributed by atoms with Gasteiger partial charge in [-0.1, -0.05) is 12.1 Å². The molecule has 0 spiro atoms. The van der Waals surface area contributed by atoms with Crippen LogP contribution in [0.3, 0.4) is 0 Å². The molecule has 0 aliphatic carbocycles. The summed E-state index contributed by atoms with van der Waals surface area (Å²) >= 11 is 0. The molecule has 31 heavy (non-hydrogen) atoms. The third kappa shape index (κ3) is 5.12. The molecule has 0 atom stereocenters. The van der Waals surface area contributed by atoms with Crippen LogP contribution in [0.1, 0.15) is 22.3 Å². The number of carbonyl (C=O) groups excluding carboxylic acids is 1. The van der Waals surface area contributed by atoms with Gasteiger partial charge in [-0.3, -0.25) is 4.79 Å². The molecule has 1 amide bonds. The molecule has 0 fully saturated rings. The molecule has 1 aromatic heterocycles. The Balaban J connectivity index is 1.70. The molecule has 0 unspecified atom stereocenters. The number of benzene rings is 2. The van der Waals surface area contributed by atoms with Crippen LogP contribution in [0.25, 0.3) is 11.0 Å². The minimum absolute atomic E-state index is 0.0319. The molecule has 3 rings (SSSR count). The molecule has 8 nitrogen and oxygen atoms in total. The molecule has 0 saturated carbocycles. The first-order valence-electron chi connectivity index (χ1n) is 9.59. The topological polar surface area (TPSA) is 129 Å². The Kier molecular flexibility index (Phi) is 6.47. The fourth-order valence-corrected chi connectivity index (χ4v) is 3.93. The monoisotopic (exact) mass is 444 g/mol. The number of aryl methyl sites for hydroxylation is 2. The molecule has 9 heteroatoms. The molecule has 0 aliphatic heterocycles. The van der Waals surface area contributed by atoms with Gasteiger partial charge in [0.15, 0.2) is 0 Å². The first-order valence-corrected chi connectivity index (χ1v) is 11.1. The maximum atomic E-state index is 12.5. The molecule has 0 radical (unpaired) electrons. The van der Waals surface area contributed by atoms with Crippen LogP contribution in [0, 0.1) is 13.8 Å². The Morgan fingerprint density at radius 3 is 2.45 bits per heavy atom. The van der Waals surface area contributed by atoms with Crippen molar-refractivity contribution in [2.24, 2.45) is 5.14 Å². The molecular formula is C22H24N2O6S. The number of hydrogen-bond acceptors (Lipinski definition) is 6. The maximum absolute atomic E-state index is 12.5. The smallest absolute Gasteiger partial charge is 0.340 e. The Labute approximate surface area is 180 Å². The van der Waals surface area contributed by atoms with E-state index in [0.717, 1.165) is 11.1 Å². The van der Waals surface area contributed by atoms with E-state index in [-0.39, 0.29) is 22.8 Å². The highest BCUT2D eigenvalue weighted by Crippen LogP contribution is 2.30. The molecular weight excluding hydrogens is 420 g/mol. The number of fused-ring (bicyclic) bond motifs is 1. The number of nitrogens with one attached hydrogen (secondary N) is 1. The zero-order valence-corrected chi connectivity index (χ0v) is 18.3. The summed E-state index contributed by atoms with van der Waals surface area (Å²) in [6, 6.07) is 9.73. The lowest BCUT2D eigenvalue weighted by Crippen LogP contribution is -2.29. The van der Waals surface area contributed by atoms with Gasteiger partial charge in [-0.05, 0) is 61.2 Å². The van der Waals surface area contributed by atoms with Crippen molar-refractivity contribution in [3.05, 3.63) is 69.1 Å². The molecule has 0 bridgehead atoms. The van der Waals surface area contributed by atoms with Crippen LogP contribution in [0.2, 0.25) is 0 Å². The first kappa shape index (κ1) is 22.5. The number of sulfonamides is 1. The number of nitrogens with two attached hydrogens (primary N) is 1. The first-order chi connectivity index (χ1) is 14.6. The number of primary sulfonamides is 1. The minimum Gasteiger partial charge on any atom is -0.496 e. The zero-order valence-electron chi connectivity index (χ0n) is 17.5. The lowest BCUT2D eigenvalue weighted by molar-refractivity contribution is -0.120. The van der Waals surface area contributed by atoms with E-state index >= 15 is 0 Å². The maximum Gasteiger partial charge on any atom is 0.340 e. The Morgan fingerprint density at radius 2 is 1.84 bits per heavy atom. The summed E-state index contributed by atoms with van der Waals surface area (Å²) in [6.45, 7) is 3.97. The van der Waals surface area contributed by atoms with Gasteiger partial charge < -0.3 is 14.5 Å². The van der Waals surface area contributed by atoms with Crippen molar-refractivity contribution in [3.63, 3.8) is 0 Å². The largest absolute Gasteiger partial charge is 0.496 e. The molecule has 2 aromatic carbocycles. The van der Waals surface area contributed by atoms with E-state index in [1.165, 1.54) is 12.1 Å². The van der Waals surface area contributed by atoms with E-state index < -0.39 is 15.6 Å². The van der Waals surface area contributed by atoms with Crippen LogP contribution < -0.4 is 20.8 Å². The van der Waals surface area contributed by atoms with Gasteiger partial charge in [0.25, 0.3) is 0 Å². The summed E-state index contributed by atoms with van der Waals surface area (Å²) in [5.74, 6) is 0.267. The third-order valence-corrected chi connectivity index (χ3v) is 5.96. The molecule has 1 heterocycles. The van der Waals surface area contributed by atoms with Crippen LogP contribution in [0.5, 0.6) is 5.75 Å². The van der Waals surface area contributed by atoms with Crippen molar-refractivity contribution >= 4 is 26.9 Å². The number of methoxy groups -OCH3 is 1. The van der Waals surface area contributed by atoms with Gasteiger partial charge >= 0.3 is 5.63 Å². The van der Waals surface area contributed by atoms with Crippen LogP contribution in [-0.2, 0) is 27.7 Å². The van der Waals surface area contributed by atoms with Crippen LogP contribution in [-0.4, -0.2) is 28.0 Å². The number of ether oxygens (including phenoxy) is 1. The predicted octanol–water partition coefficient (Wildman–Crippen LogP) is 1.97. The summed E-state index contributed by atoms with van der Waals surface area (Å²) in [5, 5.41) is 8.52. The van der Waals surface area contributed by atoms with Crippen molar-refractivity contribution in [2.75, 3.05) is 13.7 Å². The Morgan fingerprint density at radius 1 is 1.16 bits per heavy atom. The van der Waals surface area contributed by atoms with Gasteiger partial charge in [0.05, 0.1) is 29.4 Å². The summed E-state index contributed by atoms with van der Waals surface area (Å²) in [5.41, 5.74) is 2.54. The SMILES string of the molecule is COc1cc(C)cc2oc(=O)c(CC(=O)NCCc3ccc(S(N)(=O)=O)cc3)c(C)c12. The Hall–Kier alpha value is -3.17. The number of carbonyl (C=O) groups is 1. The van der Waals surface area contributed by atoms with Crippen molar-refractivity contribution in [1.82, 2.24) is 5.32 Å². The third-order valence-electron chi connectivity index (χ3n) is 5.03. The average Bonchev–Trinajstić information content (AvgIpc) is 2.70.